The van der Waals surface area contributed by atoms with Gasteiger partial charge < -0.3 is 20.4 Å². The van der Waals surface area contributed by atoms with Gasteiger partial charge in [-0.05, 0) is 43.5 Å². The molecule has 0 radical (unpaired) electrons. The first-order valence-electron chi connectivity index (χ1n) is 10.6. The molecule has 0 atom stereocenters. The molecule has 8 heteroatoms. The molecule has 3 N–H and O–H groups in total. The summed E-state index contributed by atoms with van der Waals surface area (Å²) < 4.78 is 8.15. The zero-order valence-corrected chi connectivity index (χ0v) is 19.9. The highest BCUT2D eigenvalue weighted by Crippen LogP contribution is 2.23. The minimum absolute atomic E-state index is 0. The number of hydrogen-bond donors (Lipinski definition) is 2. The van der Waals surface area contributed by atoms with Crippen molar-refractivity contribution in [1.29, 1.82) is 0 Å². The summed E-state index contributed by atoms with van der Waals surface area (Å²) in [4.78, 5) is 4.45. The fraction of sp³-hybridized carbons (Fsp3) is 0.348. The maximum atomic E-state index is 6.06. The van der Waals surface area contributed by atoms with Gasteiger partial charge >= 0.3 is 0 Å². The fourth-order valence-electron chi connectivity index (χ4n) is 3.62. The van der Waals surface area contributed by atoms with Gasteiger partial charge in [-0.1, -0.05) is 30.7 Å². The molecule has 0 saturated heterocycles. The number of hydrogen-bond acceptors (Lipinski definition) is 4. The smallest absolute Gasteiger partial charge is 0.193 e. The third-order valence-corrected chi connectivity index (χ3v) is 5.11. The summed E-state index contributed by atoms with van der Waals surface area (Å²) in [5.41, 5.74) is 6.90. The van der Waals surface area contributed by atoms with E-state index in [0.29, 0.717) is 12.5 Å². The van der Waals surface area contributed by atoms with Gasteiger partial charge in [0.1, 0.15) is 23.1 Å². The number of nitrogens with one attached hydrogen (secondary N) is 1. The summed E-state index contributed by atoms with van der Waals surface area (Å²) in [7, 11) is 0. The van der Waals surface area contributed by atoms with Crippen LogP contribution >= 0.6 is 24.0 Å². The van der Waals surface area contributed by atoms with Gasteiger partial charge in [-0.2, -0.15) is 0 Å². The van der Waals surface area contributed by atoms with Crippen LogP contribution in [0, 0.1) is 0 Å². The molecule has 3 aromatic rings. The lowest BCUT2D eigenvalue weighted by atomic mass is 10.2. The van der Waals surface area contributed by atoms with Gasteiger partial charge in [0.25, 0.3) is 0 Å². The van der Waals surface area contributed by atoms with E-state index in [2.05, 4.69) is 25.1 Å². The van der Waals surface area contributed by atoms with Crippen molar-refractivity contribution in [2.24, 2.45) is 10.7 Å². The maximum absolute atomic E-state index is 6.06. The summed E-state index contributed by atoms with van der Waals surface area (Å²) in [6, 6.07) is 17.4. The van der Waals surface area contributed by atoms with Crippen LogP contribution in [0.4, 0.5) is 5.69 Å². The maximum Gasteiger partial charge on any atom is 0.193 e. The van der Waals surface area contributed by atoms with E-state index in [4.69, 9.17) is 10.5 Å². The number of guanidine groups is 1. The number of fused-ring (bicyclic) bond motifs is 1. The first-order valence-corrected chi connectivity index (χ1v) is 10.6. The first kappa shape index (κ1) is 23.1. The van der Waals surface area contributed by atoms with Crippen molar-refractivity contribution in [3.05, 3.63) is 66.2 Å². The van der Waals surface area contributed by atoms with E-state index < -0.39 is 0 Å². The van der Waals surface area contributed by atoms with Crippen molar-refractivity contribution in [2.75, 3.05) is 11.9 Å². The van der Waals surface area contributed by atoms with Gasteiger partial charge in [-0.15, -0.1) is 34.2 Å². The number of nitrogens with two attached hydrogens (primary N) is 1. The third kappa shape index (κ3) is 6.68. The zero-order valence-electron chi connectivity index (χ0n) is 17.5. The molecule has 0 unspecified atom stereocenters. The largest absolute Gasteiger partial charge is 0.457 e. The molecule has 2 heterocycles. The molecule has 4 rings (SSSR count). The molecule has 31 heavy (non-hydrogen) atoms. The van der Waals surface area contributed by atoms with Gasteiger partial charge in [-0.3, -0.25) is 4.99 Å². The lowest BCUT2D eigenvalue weighted by Crippen LogP contribution is -2.22. The fourth-order valence-corrected chi connectivity index (χ4v) is 3.62. The molecule has 1 aliphatic rings. The minimum Gasteiger partial charge on any atom is -0.457 e. The van der Waals surface area contributed by atoms with Crippen LogP contribution < -0.4 is 15.8 Å². The zero-order chi connectivity index (χ0) is 20.6. The number of benzene rings is 2. The van der Waals surface area contributed by atoms with Crippen molar-refractivity contribution in [3.8, 4) is 11.5 Å². The molecule has 0 amide bonds. The van der Waals surface area contributed by atoms with Crippen LogP contribution in [0.25, 0.3) is 0 Å². The Morgan fingerprint density at radius 1 is 1.03 bits per heavy atom. The van der Waals surface area contributed by atoms with Gasteiger partial charge in [0.2, 0.25) is 0 Å². The predicted octanol–water partition coefficient (Wildman–Crippen LogP) is 4.77. The number of nitrogens with zero attached hydrogens (tertiary/aromatic N) is 4. The number of aliphatic imine (C=N–C) groups is 1. The molecule has 0 saturated carbocycles. The van der Waals surface area contributed by atoms with Crippen LogP contribution in [0.15, 0.2) is 59.6 Å². The van der Waals surface area contributed by atoms with Crippen LogP contribution in [0.5, 0.6) is 11.5 Å². The summed E-state index contributed by atoms with van der Waals surface area (Å²) >= 11 is 0. The second kappa shape index (κ2) is 11.7. The van der Waals surface area contributed by atoms with Crippen LogP contribution in [-0.4, -0.2) is 27.3 Å². The number of anilines is 1. The van der Waals surface area contributed by atoms with E-state index in [1.54, 1.807) is 0 Å². The highest BCUT2D eigenvalue weighted by atomic mass is 127. The lowest BCUT2D eigenvalue weighted by molar-refractivity contribution is 0.483. The molecule has 1 aliphatic heterocycles. The number of aromatic nitrogens is 3. The van der Waals surface area contributed by atoms with Crippen molar-refractivity contribution in [1.82, 2.24) is 14.8 Å². The number of rotatable bonds is 7. The number of para-hydroxylation sites is 1. The average Bonchev–Trinajstić information content (AvgIpc) is 2.98. The van der Waals surface area contributed by atoms with Crippen molar-refractivity contribution >= 4 is 35.6 Å². The van der Waals surface area contributed by atoms with Gasteiger partial charge in [0.15, 0.2) is 5.96 Å². The minimum atomic E-state index is 0. The van der Waals surface area contributed by atoms with E-state index in [1.807, 2.05) is 54.6 Å². The van der Waals surface area contributed by atoms with E-state index in [9.17, 15) is 0 Å². The van der Waals surface area contributed by atoms with Crippen molar-refractivity contribution in [3.63, 3.8) is 0 Å². The van der Waals surface area contributed by atoms with Crippen molar-refractivity contribution in [2.45, 2.75) is 45.1 Å². The summed E-state index contributed by atoms with van der Waals surface area (Å²) in [6.07, 6.45) is 6.48. The second-order valence-corrected chi connectivity index (χ2v) is 7.43. The van der Waals surface area contributed by atoms with Crippen molar-refractivity contribution < 1.29 is 4.74 Å². The van der Waals surface area contributed by atoms with Gasteiger partial charge in [0, 0.05) is 37.7 Å². The Labute approximate surface area is 200 Å². The van der Waals surface area contributed by atoms with E-state index >= 15 is 0 Å². The highest BCUT2D eigenvalue weighted by Gasteiger charge is 2.13. The van der Waals surface area contributed by atoms with Crippen LogP contribution in [-0.2, 0) is 19.4 Å². The molecule has 0 spiro atoms. The first-order chi connectivity index (χ1) is 14.8. The Hall–Kier alpha value is -2.62. The molecular weight excluding hydrogens is 503 g/mol. The Morgan fingerprint density at radius 2 is 1.87 bits per heavy atom. The monoisotopic (exact) mass is 532 g/mol. The predicted molar refractivity (Wildman–Crippen MR) is 134 cm³/mol. The molecule has 1 aromatic heterocycles. The normalized spacial score (nSPS) is 13.6. The van der Waals surface area contributed by atoms with E-state index in [1.165, 1.54) is 19.3 Å². The summed E-state index contributed by atoms with van der Waals surface area (Å²) in [5.74, 6) is 4.13. The van der Waals surface area contributed by atoms with Gasteiger partial charge in [0.05, 0.1) is 0 Å². The van der Waals surface area contributed by atoms with Gasteiger partial charge in [-0.25, -0.2) is 0 Å². The number of halogens is 1. The summed E-state index contributed by atoms with van der Waals surface area (Å²) in [6.45, 7) is 1.67. The molecule has 0 bridgehead atoms. The third-order valence-electron chi connectivity index (χ3n) is 5.11. The quantitative estimate of drug-likeness (QED) is 0.198. The molecule has 164 valence electrons. The molecular formula is C23H29IN6O. The highest BCUT2D eigenvalue weighted by molar-refractivity contribution is 14.0. The molecule has 0 fully saturated rings. The van der Waals surface area contributed by atoms with E-state index in [0.717, 1.165) is 54.6 Å². The van der Waals surface area contributed by atoms with Crippen LogP contribution in [0.1, 0.15) is 37.3 Å². The standard InChI is InChI=1S/C23H28N6O.HI/c24-23(25-15-8-14-22-28-27-21-13-5-2-6-16-29(21)22)26-18-9-7-12-20(17-18)30-19-10-3-1-4-11-19;/h1,3-4,7,9-12,17H,2,5-6,8,13-16H2,(H3,24,25,26);1H. The Balaban J connectivity index is 0.00000272. The second-order valence-electron chi connectivity index (χ2n) is 7.43. The number of aryl methyl sites for hydroxylation is 2. The molecule has 0 aliphatic carbocycles. The Morgan fingerprint density at radius 3 is 2.74 bits per heavy atom. The Bertz CT molecular complexity index is 989. The summed E-state index contributed by atoms with van der Waals surface area (Å²) in [5, 5.41) is 11.9. The lowest BCUT2D eigenvalue weighted by Gasteiger charge is -2.09. The average molecular weight is 532 g/mol. The molecule has 7 nitrogen and oxygen atoms in total. The van der Waals surface area contributed by atoms with Crippen LogP contribution in [0.3, 0.4) is 0 Å². The topological polar surface area (TPSA) is 90.4 Å². The SMILES string of the molecule is I.NC(=NCCCc1nnc2n1CCCCC2)Nc1cccc(Oc2ccccc2)c1. The molecule has 2 aromatic carbocycles. The van der Waals surface area contributed by atoms with E-state index in [-0.39, 0.29) is 24.0 Å². The number of ether oxygens (including phenoxy) is 1. The Kier molecular flexibility index (Phi) is 8.69. The van der Waals surface area contributed by atoms with Crippen LogP contribution in [0.2, 0.25) is 0 Å².